The first-order valence-corrected chi connectivity index (χ1v) is 8.22. The normalized spacial score (nSPS) is 11.0. The van der Waals surface area contributed by atoms with Gasteiger partial charge in [-0.3, -0.25) is 9.48 Å². The van der Waals surface area contributed by atoms with E-state index in [1.165, 1.54) is 10.8 Å². The molecule has 1 amide bonds. The van der Waals surface area contributed by atoms with Gasteiger partial charge in [-0.15, -0.1) is 0 Å². The van der Waals surface area contributed by atoms with Crippen molar-refractivity contribution in [3.8, 4) is 0 Å². The standard InChI is InChI=1S/C17H14ClN7O/c1-11-6-15(25-17(22-11)19-10-21-25)16(26)23-14-7-20-24(9-14)8-12-2-4-13(18)5-3-12/h2-7,9-10H,8H2,1H3,(H,23,26). The second-order valence-electron chi connectivity index (χ2n) is 5.76. The van der Waals surface area contributed by atoms with Gasteiger partial charge in [0.05, 0.1) is 18.4 Å². The molecule has 3 aromatic heterocycles. The van der Waals surface area contributed by atoms with Crippen LogP contribution in [0, 0.1) is 6.92 Å². The van der Waals surface area contributed by atoms with Crippen LogP contribution in [0.25, 0.3) is 5.78 Å². The summed E-state index contributed by atoms with van der Waals surface area (Å²) in [6, 6.07) is 9.19. The third-order valence-electron chi connectivity index (χ3n) is 3.76. The molecular weight excluding hydrogens is 354 g/mol. The van der Waals surface area contributed by atoms with E-state index < -0.39 is 0 Å². The minimum Gasteiger partial charge on any atom is -0.318 e. The lowest BCUT2D eigenvalue weighted by Crippen LogP contribution is -2.17. The van der Waals surface area contributed by atoms with E-state index in [9.17, 15) is 4.79 Å². The van der Waals surface area contributed by atoms with Gasteiger partial charge in [-0.05, 0) is 30.7 Å². The Hall–Kier alpha value is -3.26. The Labute approximate surface area is 153 Å². The minimum absolute atomic E-state index is 0.308. The number of rotatable bonds is 4. The van der Waals surface area contributed by atoms with Gasteiger partial charge < -0.3 is 5.32 Å². The van der Waals surface area contributed by atoms with Crippen LogP contribution in [0.4, 0.5) is 5.69 Å². The number of anilines is 1. The highest BCUT2D eigenvalue weighted by Crippen LogP contribution is 2.13. The predicted octanol–water partition coefficient (Wildman–Crippen LogP) is 2.58. The molecule has 9 heteroatoms. The molecule has 0 bridgehead atoms. The smallest absolute Gasteiger partial charge is 0.274 e. The lowest BCUT2D eigenvalue weighted by molar-refractivity contribution is 0.101. The molecule has 4 aromatic rings. The second-order valence-corrected chi connectivity index (χ2v) is 6.20. The molecule has 8 nitrogen and oxygen atoms in total. The number of aryl methyl sites for hydroxylation is 1. The van der Waals surface area contributed by atoms with Crippen LogP contribution in [-0.2, 0) is 6.54 Å². The van der Waals surface area contributed by atoms with Crippen LogP contribution in [0.5, 0.6) is 0 Å². The average Bonchev–Trinajstić information content (AvgIpc) is 3.25. The number of hydrogen-bond donors (Lipinski definition) is 1. The van der Waals surface area contributed by atoms with Crippen molar-refractivity contribution in [2.45, 2.75) is 13.5 Å². The fraction of sp³-hybridized carbons (Fsp3) is 0.118. The van der Waals surface area contributed by atoms with E-state index in [0.717, 1.165) is 5.56 Å². The van der Waals surface area contributed by atoms with E-state index >= 15 is 0 Å². The molecule has 0 aliphatic rings. The van der Waals surface area contributed by atoms with E-state index in [2.05, 4.69) is 25.5 Å². The van der Waals surface area contributed by atoms with E-state index in [0.29, 0.717) is 34.4 Å². The topological polar surface area (TPSA) is 90.0 Å². The van der Waals surface area contributed by atoms with Gasteiger partial charge in [-0.2, -0.15) is 19.7 Å². The summed E-state index contributed by atoms with van der Waals surface area (Å²) in [4.78, 5) is 20.9. The number of halogens is 1. The molecule has 0 radical (unpaired) electrons. The lowest BCUT2D eigenvalue weighted by atomic mass is 10.2. The molecule has 1 N–H and O–H groups in total. The van der Waals surface area contributed by atoms with Crippen LogP contribution in [0.15, 0.2) is 49.1 Å². The number of amides is 1. The summed E-state index contributed by atoms with van der Waals surface area (Å²) in [5.74, 6) is 0.0747. The van der Waals surface area contributed by atoms with Crippen molar-refractivity contribution in [1.82, 2.24) is 29.4 Å². The number of nitrogens with zero attached hydrogens (tertiary/aromatic N) is 6. The van der Waals surface area contributed by atoms with Crippen LogP contribution in [-0.4, -0.2) is 35.3 Å². The molecule has 0 spiro atoms. The van der Waals surface area contributed by atoms with Crippen LogP contribution in [0.3, 0.4) is 0 Å². The third kappa shape index (κ3) is 3.27. The summed E-state index contributed by atoms with van der Waals surface area (Å²) in [6.07, 6.45) is 4.72. The number of aromatic nitrogens is 6. The SMILES string of the molecule is Cc1cc(C(=O)Nc2cnn(Cc3ccc(Cl)cc3)c2)n2ncnc2n1. The number of hydrogen-bond acceptors (Lipinski definition) is 5. The summed E-state index contributed by atoms with van der Waals surface area (Å²) >= 11 is 5.89. The Morgan fingerprint density at radius 2 is 2.04 bits per heavy atom. The van der Waals surface area contributed by atoms with Crippen molar-refractivity contribution in [3.63, 3.8) is 0 Å². The van der Waals surface area contributed by atoms with Gasteiger partial charge in [0.15, 0.2) is 0 Å². The van der Waals surface area contributed by atoms with Crippen molar-refractivity contribution < 1.29 is 4.79 Å². The van der Waals surface area contributed by atoms with Gasteiger partial charge in [0.1, 0.15) is 12.0 Å². The maximum absolute atomic E-state index is 12.6. The zero-order chi connectivity index (χ0) is 18.1. The van der Waals surface area contributed by atoms with Crippen molar-refractivity contribution in [2.24, 2.45) is 0 Å². The van der Waals surface area contributed by atoms with E-state index in [1.807, 2.05) is 24.3 Å². The zero-order valence-corrected chi connectivity index (χ0v) is 14.6. The number of nitrogens with one attached hydrogen (secondary N) is 1. The quantitative estimate of drug-likeness (QED) is 0.598. The largest absolute Gasteiger partial charge is 0.318 e. The van der Waals surface area contributed by atoms with Gasteiger partial charge in [-0.25, -0.2) is 4.98 Å². The Bertz CT molecular complexity index is 1080. The van der Waals surface area contributed by atoms with Crippen molar-refractivity contribution in [3.05, 3.63) is 71.0 Å². The summed E-state index contributed by atoms with van der Waals surface area (Å²) < 4.78 is 3.14. The Morgan fingerprint density at radius 1 is 1.23 bits per heavy atom. The molecule has 0 saturated carbocycles. The fourth-order valence-corrected chi connectivity index (χ4v) is 2.70. The van der Waals surface area contributed by atoms with Crippen molar-refractivity contribution >= 4 is 29.0 Å². The summed E-state index contributed by atoms with van der Waals surface area (Å²) in [5, 5.41) is 11.8. The predicted molar refractivity (Wildman–Crippen MR) is 96.3 cm³/mol. The van der Waals surface area contributed by atoms with Crippen molar-refractivity contribution in [2.75, 3.05) is 5.32 Å². The molecule has 4 rings (SSSR count). The monoisotopic (exact) mass is 367 g/mol. The van der Waals surface area contributed by atoms with Crippen molar-refractivity contribution in [1.29, 1.82) is 0 Å². The number of carbonyl (C=O) groups excluding carboxylic acids is 1. The maximum Gasteiger partial charge on any atom is 0.274 e. The minimum atomic E-state index is -0.308. The first-order valence-electron chi connectivity index (χ1n) is 7.84. The first kappa shape index (κ1) is 16.2. The molecular formula is C17H14ClN7O. The summed E-state index contributed by atoms with van der Waals surface area (Å²) in [5.41, 5.74) is 2.70. The molecule has 130 valence electrons. The van der Waals surface area contributed by atoms with Crippen LogP contribution >= 0.6 is 11.6 Å². The molecule has 0 aliphatic carbocycles. The van der Waals surface area contributed by atoms with Gasteiger partial charge in [0.25, 0.3) is 11.7 Å². The van der Waals surface area contributed by atoms with E-state index in [4.69, 9.17) is 11.6 Å². The molecule has 0 aliphatic heterocycles. The maximum atomic E-state index is 12.6. The lowest BCUT2D eigenvalue weighted by Gasteiger charge is -2.05. The van der Waals surface area contributed by atoms with Crippen LogP contribution < -0.4 is 5.32 Å². The Morgan fingerprint density at radius 3 is 2.85 bits per heavy atom. The molecule has 0 atom stereocenters. The zero-order valence-electron chi connectivity index (χ0n) is 13.8. The average molecular weight is 368 g/mol. The van der Waals surface area contributed by atoms with E-state index in [-0.39, 0.29) is 5.91 Å². The molecule has 0 saturated heterocycles. The second kappa shape index (κ2) is 6.57. The first-order chi connectivity index (χ1) is 12.6. The van der Waals surface area contributed by atoms with Crippen LogP contribution in [0.2, 0.25) is 5.02 Å². The highest BCUT2D eigenvalue weighted by Gasteiger charge is 2.14. The Kier molecular flexibility index (Phi) is 4.10. The highest BCUT2D eigenvalue weighted by molar-refractivity contribution is 6.30. The van der Waals surface area contributed by atoms with Gasteiger partial charge in [0, 0.05) is 16.9 Å². The summed E-state index contributed by atoms with van der Waals surface area (Å²) in [6.45, 7) is 2.38. The third-order valence-corrected chi connectivity index (χ3v) is 4.01. The molecule has 26 heavy (non-hydrogen) atoms. The Balaban J connectivity index is 1.52. The number of benzene rings is 1. The molecule has 3 heterocycles. The molecule has 1 aromatic carbocycles. The van der Waals surface area contributed by atoms with Gasteiger partial charge >= 0.3 is 0 Å². The van der Waals surface area contributed by atoms with E-state index in [1.54, 1.807) is 30.1 Å². The molecule has 0 fully saturated rings. The number of carbonyl (C=O) groups is 1. The highest BCUT2D eigenvalue weighted by atomic mass is 35.5. The number of fused-ring (bicyclic) bond motifs is 1. The van der Waals surface area contributed by atoms with Gasteiger partial charge in [-0.1, -0.05) is 23.7 Å². The molecule has 0 unspecified atom stereocenters. The fourth-order valence-electron chi connectivity index (χ4n) is 2.58. The van der Waals surface area contributed by atoms with Gasteiger partial charge in [0.2, 0.25) is 0 Å². The summed E-state index contributed by atoms with van der Waals surface area (Å²) in [7, 11) is 0. The van der Waals surface area contributed by atoms with Crippen LogP contribution in [0.1, 0.15) is 21.7 Å².